The van der Waals surface area contributed by atoms with E-state index in [1.807, 2.05) is 24.4 Å². The molecule has 1 aliphatic carbocycles. The van der Waals surface area contributed by atoms with Crippen molar-refractivity contribution < 1.29 is 4.79 Å². The monoisotopic (exact) mass is 466 g/mol. The third-order valence-corrected chi connectivity index (χ3v) is 7.10. The SMILES string of the molecule is NCC(=O)N1CCCC1c1nc2cc(-c3ccc4c(c3)CCC(c3cnc[nH]3)=C4)ccc2c(=O)[nH]1. The van der Waals surface area contributed by atoms with E-state index in [0.717, 1.165) is 42.5 Å². The number of hydrogen-bond acceptors (Lipinski definition) is 5. The molecule has 0 bridgehead atoms. The maximum atomic E-state index is 12.8. The van der Waals surface area contributed by atoms with Gasteiger partial charge < -0.3 is 20.6 Å². The minimum absolute atomic E-state index is 0.0463. The van der Waals surface area contributed by atoms with Crippen molar-refractivity contribution >= 4 is 28.5 Å². The Bertz CT molecular complexity index is 1520. The van der Waals surface area contributed by atoms with E-state index in [0.29, 0.717) is 23.3 Å². The van der Waals surface area contributed by atoms with Gasteiger partial charge in [0.05, 0.1) is 41.7 Å². The quantitative estimate of drug-likeness (QED) is 0.426. The average molecular weight is 467 g/mol. The average Bonchev–Trinajstić information content (AvgIpc) is 3.60. The van der Waals surface area contributed by atoms with Gasteiger partial charge in [-0.1, -0.05) is 24.3 Å². The molecule has 1 saturated heterocycles. The van der Waals surface area contributed by atoms with Gasteiger partial charge in [0.25, 0.3) is 5.56 Å². The standard InChI is InChI=1S/C27H26N6O2/c28-13-25(34)33-9-1-2-24(33)26-31-22-12-19(7-8-21(22)27(35)32-26)17-3-4-18-11-20(6-5-16(18)10-17)23-14-29-15-30-23/h3-4,7-8,10-12,14-15,24H,1-2,5-6,9,13,28H2,(H,29,30)(H,31,32,35). The number of carbonyl (C=O) groups is 1. The highest BCUT2D eigenvalue weighted by molar-refractivity contribution is 5.86. The van der Waals surface area contributed by atoms with E-state index in [4.69, 9.17) is 10.7 Å². The second-order valence-electron chi connectivity index (χ2n) is 9.18. The van der Waals surface area contributed by atoms with E-state index in [1.54, 1.807) is 11.2 Å². The number of carbonyl (C=O) groups excluding carboxylic acids is 1. The molecule has 176 valence electrons. The number of H-pyrrole nitrogens is 2. The molecule has 6 rings (SSSR count). The fourth-order valence-electron chi connectivity index (χ4n) is 5.28. The van der Waals surface area contributed by atoms with E-state index in [2.05, 4.69) is 39.2 Å². The second kappa shape index (κ2) is 8.63. The molecule has 0 spiro atoms. The predicted octanol–water partition coefficient (Wildman–Crippen LogP) is 3.42. The van der Waals surface area contributed by atoms with Crippen LogP contribution in [0.15, 0.2) is 53.7 Å². The van der Waals surface area contributed by atoms with Crippen LogP contribution in [0.25, 0.3) is 33.7 Å². The number of rotatable bonds is 4. The van der Waals surface area contributed by atoms with Crippen LogP contribution in [-0.2, 0) is 11.2 Å². The summed E-state index contributed by atoms with van der Waals surface area (Å²) < 4.78 is 0. The van der Waals surface area contributed by atoms with Crippen LogP contribution in [0, 0.1) is 0 Å². The molecular weight excluding hydrogens is 440 g/mol. The summed E-state index contributed by atoms with van der Waals surface area (Å²) in [5, 5.41) is 0.539. The van der Waals surface area contributed by atoms with Gasteiger partial charge in [0.15, 0.2) is 0 Å². The van der Waals surface area contributed by atoms with Crippen LogP contribution >= 0.6 is 0 Å². The molecule has 1 aliphatic heterocycles. The molecule has 0 saturated carbocycles. The molecule has 1 atom stereocenters. The van der Waals surface area contributed by atoms with Crippen LogP contribution < -0.4 is 11.3 Å². The predicted molar refractivity (Wildman–Crippen MR) is 135 cm³/mol. The van der Waals surface area contributed by atoms with Crippen LogP contribution in [0.3, 0.4) is 0 Å². The molecule has 4 N–H and O–H groups in total. The Hall–Kier alpha value is -4.04. The first-order valence-electron chi connectivity index (χ1n) is 12.0. The number of nitrogens with zero attached hydrogens (tertiary/aromatic N) is 3. The molecule has 1 unspecified atom stereocenters. The number of allylic oxidation sites excluding steroid dienone is 1. The second-order valence-corrected chi connectivity index (χ2v) is 9.18. The van der Waals surface area contributed by atoms with E-state index in [9.17, 15) is 9.59 Å². The molecule has 1 amide bonds. The number of aromatic amines is 2. The summed E-state index contributed by atoms with van der Waals surface area (Å²) in [6, 6.07) is 12.0. The summed E-state index contributed by atoms with van der Waals surface area (Å²) in [5.41, 5.74) is 13.0. The van der Waals surface area contributed by atoms with Crippen LogP contribution in [-0.4, -0.2) is 43.8 Å². The minimum Gasteiger partial charge on any atom is -0.345 e. The molecule has 1 fully saturated rings. The molecule has 8 heteroatoms. The van der Waals surface area contributed by atoms with Gasteiger partial charge in [-0.25, -0.2) is 9.97 Å². The number of benzene rings is 2. The number of amides is 1. The van der Waals surface area contributed by atoms with Gasteiger partial charge in [0.2, 0.25) is 5.91 Å². The van der Waals surface area contributed by atoms with Gasteiger partial charge in [0, 0.05) is 6.54 Å². The first-order valence-corrected chi connectivity index (χ1v) is 12.0. The third kappa shape index (κ3) is 3.85. The Morgan fingerprint density at radius 3 is 2.83 bits per heavy atom. The largest absolute Gasteiger partial charge is 0.345 e. The smallest absolute Gasteiger partial charge is 0.258 e. The topological polar surface area (TPSA) is 121 Å². The molecule has 2 aromatic heterocycles. The number of imidazole rings is 1. The Labute approximate surface area is 201 Å². The Kier molecular flexibility index (Phi) is 5.30. The molecule has 35 heavy (non-hydrogen) atoms. The number of hydrogen-bond donors (Lipinski definition) is 3. The first kappa shape index (κ1) is 21.5. The maximum absolute atomic E-state index is 12.8. The Balaban J connectivity index is 1.36. The highest BCUT2D eigenvalue weighted by Gasteiger charge is 2.31. The van der Waals surface area contributed by atoms with Crippen molar-refractivity contribution in [1.29, 1.82) is 0 Å². The molecule has 2 aromatic carbocycles. The number of fused-ring (bicyclic) bond motifs is 2. The number of aromatic nitrogens is 4. The van der Waals surface area contributed by atoms with Crippen molar-refractivity contribution in [2.24, 2.45) is 5.73 Å². The molecular formula is C27H26N6O2. The van der Waals surface area contributed by atoms with E-state index >= 15 is 0 Å². The molecule has 3 heterocycles. The van der Waals surface area contributed by atoms with Gasteiger partial charge in [-0.2, -0.15) is 0 Å². The van der Waals surface area contributed by atoms with Gasteiger partial charge in [0.1, 0.15) is 5.82 Å². The fourth-order valence-corrected chi connectivity index (χ4v) is 5.28. The fraction of sp³-hybridized carbons (Fsp3) is 0.259. The lowest BCUT2D eigenvalue weighted by molar-refractivity contribution is -0.130. The minimum atomic E-state index is -0.244. The Morgan fingerprint density at radius 2 is 2.00 bits per heavy atom. The number of nitrogens with two attached hydrogens (primary N) is 1. The molecule has 0 radical (unpaired) electrons. The summed E-state index contributed by atoms with van der Waals surface area (Å²) in [5.74, 6) is 0.406. The normalized spacial score (nSPS) is 17.5. The zero-order chi connectivity index (χ0) is 23.9. The third-order valence-electron chi connectivity index (χ3n) is 7.10. The maximum Gasteiger partial charge on any atom is 0.258 e. The van der Waals surface area contributed by atoms with Gasteiger partial charge in [-0.05, 0) is 71.7 Å². The molecule has 2 aliphatic rings. The number of nitrogens with one attached hydrogen (secondary N) is 2. The zero-order valence-corrected chi connectivity index (χ0v) is 19.3. The van der Waals surface area contributed by atoms with Crippen molar-refractivity contribution in [2.45, 2.75) is 31.7 Å². The van der Waals surface area contributed by atoms with Crippen molar-refractivity contribution in [3.63, 3.8) is 0 Å². The number of likely N-dealkylation sites (tertiary alicyclic amines) is 1. The van der Waals surface area contributed by atoms with Gasteiger partial charge in [-0.15, -0.1) is 0 Å². The van der Waals surface area contributed by atoms with E-state index < -0.39 is 0 Å². The molecule has 8 nitrogen and oxygen atoms in total. The van der Waals surface area contributed by atoms with Gasteiger partial charge in [-0.3, -0.25) is 9.59 Å². The highest BCUT2D eigenvalue weighted by atomic mass is 16.2. The lowest BCUT2D eigenvalue weighted by atomic mass is 9.88. The van der Waals surface area contributed by atoms with E-state index in [-0.39, 0.29) is 24.1 Å². The van der Waals surface area contributed by atoms with Gasteiger partial charge >= 0.3 is 0 Å². The van der Waals surface area contributed by atoms with Crippen molar-refractivity contribution in [3.8, 4) is 11.1 Å². The lowest BCUT2D eigenvalue weighted by Gasteiger charge is -2.23. The van der Waals surface area contributed by atoms with E-state index in [1.165, 1.54) is 16.7 Å². The summed E-state index contributed by atoms with van der Waals surface area (Å²) in [4.78, 5) is 41.8. The summed E-state index contributed by atoms with van der Waals surface area (Å²) in [6.45, 7) is 0.587. The van der Waals surface area contributed by atoms with Crippen LogP contribution in [0.5, 0.6) is 0 Å². The van der Waals surface area contributed by atoms with Crippen LogP contribution in [0.4, 0.5) is 0 Å². The highest BCUT2D eigenvalue weighted by Crippen LogP contribution is 2.33. The summed E-state index contributed by atoms with van der Waals surface area (Å²) in [6.07, 6.45) is 9.33. The zero-order valence-electron chi connectivity index (χ0n) is 19.3. The van der Waals surface area contributed by atoms with Crippen molar-refractivity contribution in [1.82, 2.24) is 24.8 Å². The van der Waals surface area contributed by atoms with Crippen LogP contribution in [0.2, 0.25) is 0 Å². The first-order chi connectivity index (χ1) is 17.1. The van der Waals surface area contributed by atoms with Crippen LogP contribution in [0.1, 0.15) is 47.9 Å². The summed E-state index contributed by atoms with van der Waals surface area (Å²) >= 11 is 0. The summed E-state index contributed by atoms with van der Waals surface area (Å²) in [7, 11) is 0. The number of aryl methyl sites for hydroxylation is 1. The van der Waals surface area contributed by atoms with Crippen molar-refractivity contribution in [2.75, 3.05) is 13.1 Å². The van der Waals surface area contributed by atoms with Crippen molar-refractivity contribution in [3.05, 3.63) is 81.9 Å². The molecule has 4 aromatic rings. The lowest BCUT2D eigenvalue weighted by Crippen LogP contribution is -2.36. The Morgan fingerprint density at radius 1 is 1.14 bits per heavy atom.